The summed E-state index contributed by atoms with van der Waals surface area (Å²) >= 11 is 0. The van der Waals surface area contributed by atoms with Crippen LogP contribution in [0.4, 0.5) is 0 Å². The summed E-state index contributed by atoms with van der Waals surface area (Å²) in [6, 6.07) is 6.67. The van der Waals surface area contributed by atoms with Gasteiger partial charge in [0.2, 0.25) is 5.91 Å². The van der Waals surface area contributed by atoms with Gasteiger partial charge in [-0.1, -0.05) is 12.1 Å². The van der Waals surface area contributed by atoms with Gasteiger partial charge < -0.3 is 15.0 Å². The Labute approximate surface area is 111 Å². The highest BCUT2D eigenvalue weighted by molar-refractivity contribution is 5.78. The van der Waals surface area contributed by atoms with Gasteiger partial charge in [0.15, 0.2) is 0 Å². The summed E-state index contributed by atoms with van der Waals surface area (Å²) in [6.45, 7) is 1.49. The lowest BCUT2D eigenvalue weighted by Crippen LogP contribution is -2.26. The van der Waals surface area contributed by atoms with E-state index in [2.05, 4.69) is 10.3 Å². The normalized spacial score (nSPS) is 10.3. The van der Waals surface area contributed by atoms with Crippen LogP contribution in [-0.2, 0) is 17.8 Å². The zero-order valence-electron chi connectivity index (χ0n) is 10.6. The number of carbonyl (C=O) groups is 1. The first-order chi connectivity index (χ1) is 9.24. The van der Waals surface area contributed by atoms with Crippen LogP contribution >= 0.6 is 0 Å². The highest BCUT2D eigenvalue weighted by Crippen LogP contribution is 2.09. The van der Waals surface area contributed by atoms with Crippen LogP contribution in [0.2, 0.25) is 0 Å². The predicted octanol–water partition coefficient (Wildman–Crippen LogP) is 1.34. The molecular weight excluding hydrogens is 242 g/mol. The van der Waals surface area contributed by atoms with Gasteiger partial charge in [-0.25, -0.2) is 4.98 Å². The molecule has 19 heavy (non-hydrogen) atoms. The van der Waals surface area contributed by atoms with E-state index in [-0.39, 0.29) is 11.7 Å². The molecule has 1 heterocycles. The molecule has 0 bridgehead atoms. The fourth-order valence-electron chi connectivity index (χ4n) is 1.77. The molecule has 2 rings (SSSR count). The van der Waals surface area contributed by atoms with Crippen LogP contribution in [0.15, 0.2) is 43.0 Å². The Morgan fingerprint density at radius 1 is 1.32 bits per heavy atom. The minimum absolute atomic E-state index is 0.00341. The number of amides is 1. The van der Waals surface area contributed by atoms with E-state index in [0.717, 1.165) is 18.5 Å². The standard InChI is InChI=1S/C14H17N3O2/c18-13-4-2-12(3-5-13)10-14(19)16-6-1-8-17-9-7-15-11-17/h2-5,7,9,11,18H,1,6,8,10H2,(H,16,19). The second kappa shape index (κ2) is 6.58. The maximum absolute atomic E-state index is 11.7. The van der Waals surface area contributed by atoms with Crippen molar-refractivity contribution in [3.8, 4) is 5.75 Å². The first-order valence-corrected chi connectivity index (χ1v) is 6.24. The number of aryl methyl sites for hydroxylation is 1. The van der Waals surface area contributed by atoms with Crippen molar-refractivity contribution in [3.05, 3.63) is 48.5 Å². The van der Waals surface area contributed by atoms with Crippen molar-refractivity contribution in [2.75, 3.05) is 6.54 Å². The number of rotatable bonds is 6. The fourth-order valence-corrected chi connectivity index (χ4v) is 1.77. The molecule has 0 radical (unpaired) electrons. The highest BCUT2D eigenvalue weighted by Gasteiger charge is 2.02. The molecule has 0 aliphatic carbocycles. The number of phenolic OH excluding ortho intramolecular Hbond substituents is 1. The summed E-state index contributed by atoms with van der Waals surface area (Å²) in [4.78, 5) is 15.6. The Hall–Kier alpha value is -2.30. The molecule has 1 amide bonds. The number of nitrogens with zero attached hydrogens (tertiary/aromatic N) is 2. The van der Waals surface area contributed by atoms with Crippen LogP contribution in [0.3, 0.4) is 0 Å². The molecule has 0 fully saturated rings. The summed E-state index contributed by atoms with van der Waals surface area (Å²) < 4.78 is 1.98. The summed E-state index contributed by atoms with van der Waals surface area (Å²) in [5.41, 5.74) is 0.893. The molecule has 0 atom stereocenters. The van der Waals surface area contributed by atoms with Crippen molar-refractivity contribution in [1.29, 1.82) is 0 Å². The van der Waals surface area contributed by atoms with Gasteiger partial charge in [0.25, 0.3) is 0 Å². The second-order valence-electron chi connectivity index (χ2n) is 4.35. The largest absolute Gasteiger partial charge is 0.508 e. The molecule has 2 N–H and O–H groups in total. The van der Waals surface area contributed by atoms with Crippen molar-refractivity contribution in [1.82, 2.24) is 14.9 Å². The summed E-state index contributed by atoms with van der Waals surface area (Å²) in [5, 5.41) is 12.0. The van der Waals surface area contributed by atoms with E-state index in [1.165, 1.54) is 0 Å². The van der Waals surface area contributed by atoms with E-state index in [1.54, 1.807) is 36.8 Å². The summed E-state index contributed by atoms with van der Waals surface area (Å²) in [6.07, 6.45) is 6.61. The van der Waals surface area contributed by atoms with E-state index >= 15 is 0 Å². The molecule has 0 spiro atoms. The molecule has 0 aliphatic rings. The van der Waals surface area contributed by atoms with Crippen molar-refractivity contribution >= 4 is 5.91 Å². The van der Waals surface area contributed by atoms with Crippen LogP contribution in [0.5, 0.6) is 5.75 Å². The zero-order chi connectivity index (χ0) is 13.5. The Morgan fingerprint density at radius 3 is 2.79 bits per heavy atom. The Morgan fingerprint density at radius 2 is 2.11 bits per heavy atom. The topological polar surface area (TPSA) is 67.2 Å². The van der Waals surface area contributed by atoms with Gasteiger partial charge in [-0.05, 0) is 24.1 Å². The quantitative estimate of drug-likeness (QED) is 0.769. The number of benzene rings is 1. The van der Waals surface area contributed by atoms with Crippen molar-refractivity contribution in [2.45, 2.75) is 19.4 Å². The maximum atomic E-state index is 11.7. The molecule has 2 aromatic rings. The Bertz CT molecular complexity index is 506. The molecule has 1 aromatic carbocycles. The van der Waals surface area contributed by atoms with Gasteiger partial charge in [0, 0.05) is 25.5 Å². The van der Waals surface area contributed by atoms with Crippen molar-refractivity contribution < 1.29 is 9.90 Å². The molecule has 0 saturated carbocycles. The van der Waals surface area contributed by atoms with Crippen LogP contribution in [0.25, 0.3) is 0 Å². The smallest absolute Gasteiger partial charge is 0.224 e. The number of hydrogen-bond donors (Lipinski definition) is 2. The average molecular weight is 259 g/mol. The van der Waals surface area contributed by atoms with Crippen LogP contribution in [0.1, 0.15) is 12.0 Å². The van der Waals surface area contributed by atoms with E-state index in [4.69, 9.17) is 5.11 Å². The SMILES string of the molecule is O=C(Cc1ccc(O)cc1)NCCCn1ccnc1. The number of phenols is 1. The molecule has 5 nitrogen and oxygen atoms in total. The predicted molar refractivity (Wildman–Crippen MR) is 71.7 cm³/mol. The number of aromatic nitrogens is 2. The lowest BCUT2D eigenvalue weighted by molar-refractivity contribution is -0.120. The van der Waals surface area contributed by atoms with Crippen LogP contribution < -0.4 is 5.32 Å². The minimum atomic E-state index is -0.00341. The molecule has 0 unspecified atom stereocenters. The molecule has 100 valence electrons. The van der Waals surface area contributed by atoms with E-state index < -0.39 is 0 Å². The third-order valence-electron chi connectivity index (χ3n) is 2.78. The number of aromatic hydroxyl groups is 1. The minimum Gasteiger partial charge on any atom is -0.508 e. The monoisotopic (exact) mass is 259 g/mol. The van der Waals surface area contributed by atoms with E-state index in [9.17, 15) is 4.79 Å². The van der Waals surface area contributed by atoms with Gasteiger partial charge in [0.05, 0.1) is 12.7 Å². The molecule has 1 aromatic heterocycles. The van der Waals surface area contributed by atoms with E-state index in [1.807, 2.05) is 10.8 Å². The first-order valence-electron chi connectivity index (χ1n) is 6.24. The van der Waals surface area contributed by atoms with Gasteiger partial charge in [-0.15, -0.1) is 0 Å². The summed E-state index contributed by atoms with van der Waals surface area (Å²) in [7, 11) is 0. The van der Waals surface area contributed by atoms with Gasteiger partial charge >= 0.3 is 0 Å². The number of imidazole rings is 1. The lowest BCUT2D eigenvalue weighted by Gasteiger charge is -2.06. The van der Waals surface area contributed by atoms with Crippen molar-refractivity contribution in [2.24, 2.45) is 0 Å². The Kier molecular flexibility index (Phi) is 4.55. The van der Waals surface area contributed by atoms with Gasteiger partial charge in [-0.2, -0.15) is 0 Å². The average Bonchev–Trinajstić information content (AvgIpc) is 2.91. The Balaban J connectivity index is 1.65. The van der Waals surface area contributed by atoms with E-state index in [0.29, 0.717) is 13.0 Å². The molecule has 5 heteroatoms. The van der Waals surface area contributed by atoms with Gasteiger partial charge in [0.1, 0.15) is 5.75 Å². The number of carbonyl (C=O) groups excluding carboxylic acids is 1. The number of hydrogen-bond acceptors (Lipinski definition) is 3. The number of nitrogens with one attached hydrogen (secondary N) is 1. The van der Waals surface area contributed by atoms with Crippen LogP contribution in [-0.4, -0.2) is 27.1 Å². The second-order valence-corrected chi connectivity index (χ2v) is 4.35. The fraction of sp³-hybridized carbons (Fsp3) is 0.286. The van der Waals surface area contributed by atoms with Gasteiger partial charge in [-0.3, -0.25) is 4.79 Å². The third kappa shape index (κ3) is 4.46. The molecule has 0 saturated heterocycles. The van der Waals surface area contributed by atoms with Crippen molar-refractivity contribution in [3.63, 3.8) is 0 Å². The maximum Gasteiger partial charge on any atom is 0.224 e. The highest BCUT2D eigenvalue weighted by atomic mass is 16.3. The third-order valence-corrected chi connectivity index (χ3v) is 2.78. The summed E-state index contributed by atoms with van der Waals surface area (Å²) in [5.74, 6) is 0.209. The molecular formula is C14H17N3O2. The zero-order valence-corrected chi connectivity index (χ0v) is 10.6. The lowest BCUT2D eigenvalue weighted by atomic mass is 10.1. The molecule has 0 aliphatic heterocycles. The first kappa shape index (κ1) is 13.1. The van der Waals surface area contributed by atoms with Crippen LogP contribution in [0, 0.1) is 0 Å².